The molecular formula is C15H27NO6Si. The maximum Gasteiger partial charge on any atom is 0.335 e. The van der Waals surface area contributed by atoms with Crippen molar-refractivity contribution >= 4 is 14.3 Å². The zero-order valence-electron chi connectivity index (χ0n) is 14.1. The fourth-order valence-electron chi connectivity index (χ4n) is 2.45. The molecule has 0 aliphatic carbocycles. The first-order valence-electron chi connectivity index (χ1n) is 7.85. The summed E-state index contributed by atoms with van der Waals surface area (Å²) in [4.78, 5) is 10.4. The van der Waals surface area contributed by atoms with E-state index >= 15 is 0 Å². The molecule has 0 aromatic heterocycles. The minimum absolute atomic E-state index is 0.197. The van der Waals surface area contributed by atoms with E-state index in [4.69, 9.17) is 24.3 Å². The van der Waals surface area contributed by atoms with Gasteiger partial charge in [-0.2, -0.15) is 5.26 Å². The number of rotatable bonds is 3. The van der Waals surface area contributed by atoms with E-state index in [1.54, 1.807) is 0 Å². The number of nitrogens with zero attached hydrogens (tertiary/aromatic N) is 1. The van der Waals surface area contributed by atoms with Crippen LogP contribution in [0.15, 0.2) is 0 Å². The van der Waals surface area contributed by atoms with Gasteiger partial charge in [0.25, 0.3) is 0 Å². The van der Waals surface area contributed by atoms with Gasteiger partial charge in [0.15, 0.2) is 13.9 Å². The number of carbonyl (C=O) groups is 1. The van der Waals surface area contributed by atoms with Crippen LogP contribution in [0.5, 0.6) is 0 Å². The highest BCUT2D eigenvalue weighted by molar-refractivity contribution is 6.69. The summed E-state index contributed by atoms with van der Waals surface area (Å²) in [7, 11) is -1.62. The van der Waals surface area contributed by atoms with Crippen LogP contribution in [0.4, 0.5) is 0 Å². The van der Waals surface area contributed by atoms with E-state index < -0.39 is 25.5 Å². The number of aliphatic hydroxyl groups is 1. The van der Waals surface area contributed by atoms with Crippen molar-refractivity contribution in [2.45, 2.75) is 56.5 Å². The molecule has 23 heavy (non-hydrogen) atoms. The Balaban J connectivity index is 0.000000238. The number of hydrogen-bond acceptors (Lipinski definition) is 6. The van der Waals surface area contributed by atoms with Gasteiger partial charge in [0.2, 0.25) is 0 Å². The lowest BCUT2D eigenvalue weighted by Gasteiger charge is -2.36. The first-order chi connectivity index (χ1) is 10.6. The molecule has 2 saturated heterocycles. The Morgan fingerprint density at radius 3 is 1.83 bits per heavy atom. The molecule has 0 aromatic carbocycles. The van der Waals surface area contributed by atoms with Crippen LogP contribution < -0.4 is 0 Å². The van der Waals surface area contributed by atoms with Crippen molar-refractivity contribution in [3.63, 3.8) is 0 Å². The van der Waals surface area contributed by atoms with E-state index in [9.17, 15) is 9.90 Å². The van der Waals surface area contributed by atoms with Crippen molar-refractivity contribution in [1.82, 2.24) is 0 Å². The van der Waals surface area contributed by atoms with Crippen LogP contribution in [0, 0.1) is 11.3 Å². The molecule has 2 aliphatic rings. The highest BCUT2D eigenvalue weighted by Crippen LogP contribution is 2.28. The average molecular weight is 345 g/mol. The van der Waals surface area contributed by atoms with Crippen molar-refractivity contribution in [3.8, 4) is 6.07 Å². The summed E-state index contributed by atoms with van der Waals surface area (Å²) in [6.45, 7) is 8.31. The Morgan fingerprint density at radius 2 is 1.52 bits per heavy atom. The average Bonchev–Trinajstić information content (AvgIpc) is 2.48. The zero-order chi connectivity index (χ0) is 17.6. The summed E-state index contributed by atoms with van der Waals surface area (Å²) < 4.78 is 16.0. The van der Waals surface area contributed by atoms with Crippen LogP contribution in [0.1, 0.15) is 25.7 Å². The van der Waals surface area contributed by atoms with Crippen molar-refractivity contribution in [1.29, 1.82) is 5.26 Å². The van der Waals surface area contributed by atoms with Crippen LogP contribution in [0.3, 0.4) is 0 Å². The number of ether oxygens (including phenoxy) is 2. The largest absolute Gasteiger partial charge is 0.479 e. The monoisotopic (exact) mass is 345 g/mol. The molecule has 2 aliphatic heterocycles. The van der Waals surface area contributed by atoms with Crippen molar-refractivity contribution < 1.29 is 28.9 Å². The fraction of sp³-hybridized carbons (Fsp3) is 0.867. The van der Waals surface area contributed by atoms with Gasteiger partial charge in [-0.15, -0.1) is 0 Å². The quantitative estimate of drug-likeness (QED) is 0.746. The second-order valence-corrected chi connectivity index (χ2v) is 11.3. The molecular weight excluding hydrogens is 318 g/mol. The molecule has 132 valence electrons. The first-order valence-corrected chi connectivity index (χ1v) is 11.3. The Morgan fingerprint density at radius 1 is 1.09 bits per heavy atom. The van der Waals surface area contributed by atoms with Gasteiger partial charge in [-0.1, -0.05) is 0 Å². The number of carboxylic acid groups (broad SMARTS) is 1. The minimum Gasteiger partial charge on any atom is -0.479 e. The third kappa shape index (κ3) is 6.57. The Kier molecular flexibility index (Phi) is 7.17. The Hall–Kier alpha value is -0.983. The van der Waals surface area contributed by atoms with Crippen molar-refractivity contribution in [2.75, 3.05) is 26.4 Å². The van der Waals surface area contributed by atoms with Crippen molar-refractivity contribution in [3.05, 3.63) is 0 Å². The lowest BCUT2D eigenvalue weighted by molar-refractivity contribution is -0.167. The smallest absolute Gasteiger partial charge is 0.335 e. The van der Waals surface area contributed by atoms with E-state index in [1.165, 1.54) is 0 Å². The lowest BCUT2D eigenvalue weighted by atomic mass is 9.95. The van der Waals surface area contributed by atoms with Gasteiger partial charge < -0.3 is 24.1 Å². The van der Waals surface area contributed by atoms with E-state index in [0.717, 1.165) is 0 Å². The standard InChI is InChI=1S/C9H17NO2Si.C6H10O4/c1-13(2,3)12-9(8-10)4-6-11-7-5-9;7-5(8)6(9)1-3-10-4-2-6/h4-7H2,1-3H3;9H,1-4H2,(H,7,8). The Bertz CT molecular complexity index is 430. The fourth-order valence-corrected chi connectivity index (χ4v) is 3.87. The molecule has 0 atom stereocenters. The molecule has 0 amide bonds. The summed E-state index contributed by atoms with van der Waals surface area (Å²) in [6.07, 6.45) is 1.83. The zero-order valence-corrected chi connectivity index (χ0v) is 15.1. The summed E-state index contributed by atoms with van der Waals surface area (Å²) in [5.74, 6) is -1.14. The van der Waals surface area contributed by atoms with E-state index in [-0.39, 0.29) is 12.8 Å². The highest BCUT2D eigenvalue weighted by atomic mass is 28.4. The normalized spacial score (nSPS) is 23.1. The highest BCUT2D eigenvalue weighted by Gasteiger charge is 2.38. The van der Waals surface area contributed by atoms with Crippen LogP contribution in [-0.4, -0.2) is 62.1 Å². The summed E-state index contributed by atoms with van der Waals surface area (Å²) in [5, 5.41) is 26.9. The maximum atomic E-state index is 10.4. The van der Waals surface area contributed by atoms with Crippen LogP contribution in [-0.2, 0) is 18.7 Å². The summed E-state index contributed by atoms with van der Waals surface area (Å²) in [5.41, 5.74) is -2.08. The van der Waals surface area contributed by atoms with Gasteiger partial charge in [-0.05, 0) is 19.6 Å². The third-order valence-corrected chi connectivity index (χ3v) is 4.73. The summed E-state index contributed by atoms with van der Waals surface area (Å²) >= 11 is 0. The second kappa shape index (κ2) is 8.21. The molecule has 0 spiro atoms. The first kappa shape index (κ1) is 20.1. The van der Waals surface area contributed by atoms with E-state index in [0.29, 0.717) is 39.3 Å². The second-order valence-electron chi connectivity index (χ2n) is 6.88. The van der Waals surface area contributed by atoms with Gasteiger partial charge in [0.05, 0.1) is 19.3 Å². The SMILES string of the molecule is C[Si](C)(C)OC1(C#N)CCOCC1.O=C(O)C1(O)CCOCC1. The molecule has 0 saturated carbocycles. The topological polar surface area (TPSA) is 109 Å². The third-order valence-electron chi connectivity index (χ3n) is 3.72. The van der Waals surface area contributed by atoms with Crippen LogP contribution in [0.2, 0.25) is 19.6 Å². The maximum absolute atomic E-state index is 10.4. The molecule has 8 heteroatoms. The van der Waals surface area contributed by atoms with Gasteiger partial charge in [0, 0.05) is 38.9 Å². The molecule has 7 nitrogen and oxygen atoms in total. The van der Waals surface area contributed by atoms with Gasteiger partial charge in [-0.25, -0.2) is 4.79 Å². The van der Waals surface area contributed by atoms with Crippen LogP contribution in [0.25, 0.3) is 0 Å². The molecule has 0 aromatic rings. The Labute approximate surface area is 138 Å². The predicted molar refractivity (Wildman–Crippen MR) is 85.5 cm³/mol. The molecule has 2 N–H and O–H groups in total. The van der Waals surface area contributed by atoms with E-state index in [2.05, 4.69) is 25.7 Å². The minimum atomic E-state index is -1.62. The number of aliphatic carboxylic acids is 1. The van der Waals surface area contributed by atoms with E-state index in [1.807, 2.05) is 0 Å². The van der Waals surface area contributed by atoms with Gasteiger partial charge >= 0.3 is 5.97 Å². The van der Waals surface area contributed by atoms with Gasteiger partial charge in [-0.3, -0.25) is 0 Å². The van der Waals surface area contributed by atoms with Crippen LogP contribution >= 0.6 is 0 Å². The van der Waals surface area contributed by atoms with Crippen molar-refractivity contribution in [2.24, 2.45) is 0 Å². The van der Waals surface area contributed by atoms with Gasteiger partial charge in [0.1, 0.15) is 5.60 Å². The molecule has 0 bridgehead atoms. The number of nitriles is 1. The predicted octanol–water partition coefficient (Wildman–Crippen LogP) is 1.52. The number of carboxylic acids is 1. The molecule has 2 fully saturated rings. The molecule has 0 radical (unpaired) electrons. The molecule has 0 unspecified atom stereocenters. The number of hydrogen-bond donors (Lipinski definition) is 2. The molecule has 2 heterocycles. The molecule has 2 rings (SSSR count). The summed E-state index contributed by atoms with van der Waals surface area (Å²) in [6, 6.07) is 2.31. The lowest BCUT2D eigenvalue weighted by Crippen LogP contribution is -2.45.